The van der Waals surface area contributed by atoms with Crippen LogP contribution in [-0.2, 0) is 4.74 Å². The molecule has 0 radical (unpaired) electrons. The molecule has 1 aliphatic heterocycles. The summed E-state index contributed by atoms with van der Waals surface area (Å²) >= 11 is 0. The van der Waals surface area contributed by atoms with Gasteiger partial charge >= 0.3 is 0 Å². The molecule has 1 nitrogen and oxygen atoms in total. The zero-order valence-electron chi connectivity index (χ0n) is 9.76. The first-order chi connectivity index (χ1) is 6.93. The molecule has 0 aromatic heterocycles. The van der Waals surface area contributed by atoms with Crippen LogP contribution in [-0.4, -0.2) is 12.7 Å². The highest BCUT2D eigenvalue weighted by atomic mass is 16.6. The predicted octanol–water partition coefficient (Wildman–Crippen LogP) is 4.31. The highest BCUT2D eigenvalue weighted by Crippen LogP contribution is 2.18. The van der Waals surface area contributed by atoms with Crippen molar-refractivity contribution in [3.8, 4) is 0 Å². The third-order valence-electron chi connectivity index (χ3n) is 3.03. The summed E-state index contributed by atoms with van der Waals surface area (Å²) < 4.78 is 5.18. The molecule has 0 aromatic carbocycles. The molecule has 0 aliphatic carbocycles. The largest absolute Gasteiger partial charge is 0.373 e. The van der Waals surface area contributed by atoms with Crippen LogP contribution in [0.4, 0.5) is 0 Å². The number of rotatable bonds is 10. The van der Waals surface area contributed by atoms with Crippen LogP contribution in [0.1, 0.15) is 71.1 Å². The maximum absolute atomic E-state index is 5.18. The number of hydrogen-bond donors (Lipinski definition) is 0. The van der Waals surface area contributed by atoms with E-state index < -0.39 is 0 Å². The molecule has 0 amide bonds. The zero-order chi connectivity index (χ0) is 10.1. The minimum absolute atomic E-state index is 0.652. The Kier molecular flexibility index (Phi) is 7.12. The topological polar surface area (TPSA) is 12.5 Å². The van der Waals surface area contributed by atoms with Crippen molar-refractivity contribution < 1.29 is 4.74 Å². The standard InChI is InChI=1S/C13H26O/c1-2-3-4-5-6-7-8-9-10-11-13-12-14-13/h13H,2-12H2,1H3. The fourth-order valence-corrected chi connectivity index (χ4v) is 1.92. The summed E-state index contributed by atoms with van der Waals surface area (Å²) in [6, 6.07) is 0. The minimum atomic E-state index is 0.652. The van der Waals surface area contributed by atoms with E-state index in [-0.39, 0.29) is 0 Å². The van der Waals surface area contributed by atoms with Gasteiger partial charge in [0.1, 0.15) is 0 Å². The highest BCUT2D eigenvalue weighted by Gasteiger charge is 2.20. The molecule has 84 valence electrons. The van der Waals surface area contributed by atoms with Gasteiger partial charge in [0.25, 0.3) is 0 Å². The Labute approximate surface area is 89.2 Å². The van der Waals surface area contributed by atoms with Gasteiger partial charge in [0.05, 0.1) is 12.7 Å². The lowest BCUT2D eigenvalue weighted by Crippen LogP contribution is -1.86. The predicted molar refractivity (Wildman–Crippen MR) is 61.6 cm³/mol. The number of ether oxygens (including phenoxy) is 1. The Bertz CT molecular complexity index is 118. The zero-order valence-corrected chi connectivity index (χ0v) is 9.76. The molecule has 0 aromatic rings. The van der Waals surface area contributed by atoms with Gasteiger partial charge in [0, 0.05) is 0 Å². The Morgan fingerprint density at radius 3 is 1.86 bits per heavy atom. The van der Waals surface area contributed by atoms with Crippen molar-refractivity contribution in [3.63, 3.8) is 0 Å². The lowest BCUT2D eigenvalue weighted by atomic mass is 10.1. The molecular formula is C13H26O. The number of unbranched alkanes of at least 4 members (excludes halogenated alkanes) is 8. The van der Waals surface area contributed by atoms with Crippen molar-refractivity contribution in [1.29, 1.82) is 0 Å². The van der Waals surface area contributed by atoms with Crippen molar-refractivity contribution in [2.45, 2.75) is 77.2 Å². The summed E-state index contributed by atoms with van der Waals surface area (Å²) in [4.78, 5) is 0. The van der Waals surface area contributed by atoms with Crippen LogP contribution in [0.5, 0.6) is 0 Å². The molecule has 1 aliphatic rings. The number of hydrogen-bond acceptors (Lipinski definition) is 1. The van der Waals surface area contributed by atoms with Gasteiger partial charge < -0.3 is 4.74 Å². The minimum Gasteiger partial charge on any atom is -0.373 e. The maximum Gasteiger partial charge on any atom is 0.0810 e. The van der Waals surface area contributed by atoms with Gasteiger partial charge in [-0.3, -0.25) is 0 Å². The molecule has 1 heteroatoms. The normalized spacial score (nSPS) is 19.9. The summed E-state index contributed by atoms with van der Waals surface area (Å²) in [6.45, 7) is 3.32. The summed E-state index contributed by atoms with van der Waals surface area (Å²) in [5.74, 6) is 0. The molecule has 1 atom stereocenters. The van der Waals surface area contributed by atoms with E-state index in [0.29, 0.717) is 6.10 Å². The summed E-state index contributed by atoms with van der Waals surface area (Å²) in [5.41, 5.74) is 0. The van der Waals surface area contributed by atoms with E-state index in [1.54, 1.807) is 0 Å². The maximum atomic E-state index is 5.18. The average Bonchev–Trinajstić information content (AvgIpc) is 2.99. The molecule has 0 N–H and O–H groups in total. The van der Waals surface area contributed by atoms with Crippen LogP contribution in [0.2, 0.25) is 0 Å². The molecule has 1 unspecified atom stereocenters. The van der Waals surface area contributed by atoms with Crippen LogP contribution in [0.15, 0.2) is 0 Å². The van der Waals surface area contributed by atoms with Crippen LogP contribution in [0.25, 0.3) is 0 Å². The molecule has 0 spiro atoms. The van der Waals surface area contributed by atoms with Crippen LogP contribution < -0.4 is 0 Å². The lowest BCUT2D eigenvalue weighted by molar-refractivity contribution is 0.387. The summed E-state index contributed by atoms with van der Waals surface area (Å²) in [6.07, 6.45) is 14.8. The average molecular weight is 198 g/mol. The molecular weight excluding hydrogens is 172 g/mol. The highest BCUT2D eigenvalue weighted by molar-refractivity contribution is 4.68. The monoisotopic (exact) mass is 198 g/mol. The van der Waals surface area contributed by atoms with Gasteiger partial charge in [-0.05, 0) is 6.42 Å². The second kappa shape index (κ2) is 8.28. The van der Waals surface area contributed by atoms with Gasteiger partial charge in [0.15, 0.2) is 0 Å². The second-order valence-electron chi connectivity index (χ2n) is 4.57. The fraction of sp³-hybridized carbons (Fsp3) is 1.00. The van der Waals surface area contributed by atoms with E-state index in [2.05, 4.69) is 6.92 Å². The van der Waals surface area contributed by atoms with E-state index in [4.69, 9.17) is 4.74 Å². The van der Waals surface area contributed by atoms with Crippen molar-refractivity contribution >= 4 is 0 Å². The van der Waals surface area contributed by atoms with Gasteiger partial charge in [-0.1, -0.05) is 64.7 Å². The van der Waals surface area contributed by atoms with Crippen molar-refractivity contribution in [3.05, 3.63) is 0 Å². The van der Waals surface area contributed by atoms with Crippen LogP contribution in [0, 0.1) is 0 Å². The van der Waals surface area contributed by atoms with Crippen molar-refractivity contribution in [2.75, 3.05) is 6.61 Å². The van der Waals surface area contributed by atoms with Crippen LogP contribution >= 0.6 is 0 Å². The van der Waals surface area contributed by atoms with E-state index in [1.807, 2.05) is 0 Å². The van der Waals surface area contributed by atoms with Gasteiger partial charge in [-0.25, -0.2) is 0 Å². The quantitative estimate of drug-likeness (QED) is 0.376. The Morgan fingerprint density at radius 1 is 0.857 bits per heavy atom. The Hall–Kier alpha value is -0.0400. The molecule has 1 heterocycles. The SMILES string of the molecule is CCCCCCCCCCCC1CO1. The van der Waals surface area contributed by atoms with Gasteiger partial charge in [0.2, 0.25) is 0 Å². The smallest absolute Gasteiger partial charge is 0.0810 e. The van der Waals surface area contributed by atoms with E-state index in [0.717, 1.165) is 6.61 Å². The molecule has 14 heavy (non-hydrogen) atoms. The Balaban J connectivity index is 1.63. The third kappa shape index (κ3) is 7.37. The fourth-order valence-electron chi connectivity index (χ4n) is 1.92. The van der Waals surface area contributed by atoms with E-state index >= 15 is 0 Å². The first kappa shape index (κ1) is 12.0. The summed E-state index contributed by atoms with van der Waals surface area (Å²) in [5, 5.41) is 0. The van der Waals surface area contributed by atoms with Crippen molar-refractivity contribution in [2.24, 2.45) is 0 Å². The second-order valence-corrected chi connectivity index (χ2v) is 4.57. The van der Waals surface area contributed by atoms with E-state index in [1.165, 1.54) is 64.2 Å². The van der Waals surface area contributed by atoms with Crippen LogP contribution in [0.3, 0.4) is 0 Å². The first-order valence-corrected chi connectivity index (χ1v) is 6.55. The summed E-state index contributed by atoms with van der Waals surface area (Å²) in [7, 11) is 0. The molecule has 0 saturated carbocycles. The van der Waals surface area contributed by atoms with E-state index in [9.17, 15) is 0 Å². The van der Waals surface area contributed by atoms with Gasteiger partial charge in [-0.15, -0.1) is 0 Å². The number of epoxide rings is 1. The molecule has 1 rings (SSSR count). The first-order valence-electron chi connectivity index (χ1n) is 6.55. The lowest BCUT2D eigenvalue weighted by Gasteiger charge is -2.00. The third-order valence-corrected chi connectivity index (χ3v) is 3.03. The molecule has 0 bridgehead atoms. The van der Waals surface area contributed by atoms with Crippen molar-refractivity contribution in [1.82, 2.24) is 0 Å². The molecule has 1 fully saturated rings. The molecule has 1 saturated heterocycles. The Morgan fingerprint density at radius 2 is 1.36 bits per heavy atom. The van der Waals surface area contributed by atoms with Gasteiger partial charge in [-0.2, -0.15) is 0 Å².